The Morgan fingerprint density at radius 1 is 1.30 bits per heavy atom. The fourth-order valence-corrected chi connectivity index (χ4v) is 2.46. The number of carbonyl (C=O) groups is 1. The fraction of sp³-hybridized carbons (Fsp3) is 0.571. The zero-order chi connectivity index (χ0) is 15.3. The molecule has 0 aliphatic rings. The van der Waals surface area contributed by atoms with E-state index in [9.17, 15) is 4.79 Å². The lowest BCUT2D eigenvalue weighted by Crippen LogP contribution is -2.34. The van der Waals surface area contributed by atoms with Crippen LogP contribution in [0.5, 0.6) is 0 Å². The second-order valence-electron chi connectivity index (χ2n) is 5.57. The van der Waals surface area contributed by atoms with Crippen molar-refractivity contribution >= 4 is 23.3 Å². The number of hydrogen-bond donors (Lipinski definition) is 3. The lowest BCUT2D eigenvalue weighted by Gasteiger charge is -2.25. The molecule has 0 radical (unpaired) electrons. The average molecular weight is 299 g/mol. The molecule has 20 heavy (non-hydrogen) atoms. The van der Waals surface area contributed by atoms with Crippen LogP contribution < -0.4 is 16.6 Å². The maximum atomic E-state index is 12.1. The smallest absolute Gasteiger partial charge is 0.251 e. The predicted octanol–water partition coefficient (Wildman–Crippen LogP) is 2.68. The van der Waals surface area contributed by atoms with Gasteiger partial charge >= 0.3 is 0 Å². The second-order valence-corrected chi connectivity index (χ2v) is 5.96. The summed E-state index contributed by atoms with van der Waals surface area (Å²) in [5.41, 5.74) is 2.84. The topological polar surface area (TPSA) is 80.0 Å². The lowest BCUT2D eigenvalue weighted by molar-refractivity contribution is 0.0937. The van der Waals surface area contributed by atoms with Crippen LogP contribution in [-0.2, 0) is 0 Å². The Morgan fingerprint density at radius 3 is 2.40 bits per heavy atom. The first-order valence-corrected chi connectivity index (χ1v) is 7.15. The molecule has 0 saturated heterocycles. The third-order valence-corrected chi connectivity index (χ3v) is 3.61. The standard InChI is InChI=1S/C14H23ClN4O/c1-8(2)11(9(3)4)7-17-14(20)10-5-12(15)18-13(6-10)19-16/h5-6,8-9,11H,7,16H2,1-4H3,(H,17,20)(H,18,19). The zero-order valence-electron chi connectivity index (χ0n) is 12.4. The van der Waals surface area contributed by atoms with Crippen molar-refractivity contribution in [2.75, 3.05) is 12.0 Å². The molecular formula is C14H23ClN4O. The number of aromatic nitrogens is 1. The van der Waals surface area contributed by atoms with Crippen LogP contribution in [0.1, 0.15) is 38.1 Å². The molecular weight excluding hydrogens is 276 g/mol. The van der Waals surface area contributed by atoms with Gasteiger partial charge in [0.2, 0.25) is 0 Å². The molecule has 5 nitrogen and oxygen atoms in total. The van der Waals surface area contributed by atoms with Gasteiger partial charge in [-0.1, -0.05) is 39.3 Å². The Hall–Kier alpha value is -1.33. The molecule has 4 N–H and O–H groups in total. The van der Waals surface area contributed by atoms with Crippen LogP contribution in [0.4, 0.5) is 5.82 Å². The first-order valence-electron chi connectivity index (χ1n) is 6.77. The summed E-state index contributed by atoms with van der Waals surface area (Å²) in [6.07, 6.45) is 0. The fourth-order valence-electron chi connectivity index (χ4n) is 2.26. The van der Waals surface area contributed by atoms with E-state index in [1.165, 1.54) is 6.07 Å². The first-order chi connectivity index (χ1) is 9.35. The summed E-state index contributed by atoms with van der Waals surface area (Å²) in [5.74, 6) is 6.94. The van der Waals surface area contributed by atoms with Crippen molar-refractivity contribution in [1.82, 2.24) is 10.3 Å². The maximum absolute atomic E-state index is 12.1. The molecule has 1 heterocycles. The number of anilines is 1. The van der Waals surface area contributed by atoms with Crippen LogP contribution in [-0.4, -0.2) is 17.4 Å². The molecule has 0 aromatic carbocycles. The molecule has 1 amide bonds. The van der Waals surface area contributed by atoms with E-state index in [-0.39, 0.29) is 11.1 Å². The number of nitrogen functional groups attached to an aromatic ring is 1. The highest BCUT2D eigenvalue weighted by Crippen LogP contribution is 2.20. The van der Waals surface area contributed by atoms with Gasteiger partial charge in [-0.2, -0.15) is 0 Å². The van der Waals surface area contributed by atoms with E-state index in [1.807, 2.05) is 0 Å². The van der Waals surface area contributed by atoms with Crippen molar-refractivity contribution in [2.24, 2.45) is 23.6 Å². The molecule has 0 bridgehead atoms. The molecule has 0 aliphatic carbocycles. The number of pyridine rings is 1. The summed E-state index contributed by atoms with van der Waals surface area (Å²) in [7, 11) is 0. The number of rotatable bonds is 6. The van der Waals surface area contributed by atoms with E-state index in [4.69, 9.17) is 17.4 Å². The number of halogens is 1. The van der Waals surface area contributed by atoms with E-state index in [1.54, 1.807) is 6.07 Å². The van der Waals surface area contributed by atoms with Crippen LogP contribution in [0.2, 0.25) is 5.15 Å². The Bertz CT molecular complexity index is 454. The van der Waals surface area contributed by atoms with Gasteiger partial charge in [0.15, 0.2) is 0 Å². The van der Waals surface area contributed by atoms with Crippen molar-refractivity contribution in [3.8, 4) is 0 Å². The summed E-state index contributed by atoms with van der Waals surface area (Å²) in [4.78, 5) is 16.1. The van der Waals surface area contributed by atoms with E-state index >= 15 is 0 Å². The highest BCUT2D eigenvalue weighted by Gasteiger charge is 2.19. The van der Waals surface area contributed by atoms with Gasteiger partial charge in [-0.05, 0) is 29.9 Å². The molecule has 0 spiro atoms. The van der Waals surface area contributed by atoms with Crippen LogP contribution in [0.3, 0.4) is 0 Å². The molecule has 1 aromatic heterocycles. The Kier molecular flexibility index (Phi) is 6.23. The minimum Gasteiger partial charge on any atom is -0.352 e. The van der Waals surface area contributed by atoms with Crippen LogP contribution in [0.25, 0.3) is 0 Å². The second kappa shape index (κ2) is 7.45. The first kappa shape index (κ1) is 16.7. The van der Waals surface area contributed by atoms with Gasteiger partial charge < -0.3 is 10.7 Å². The van der Waals surface area contributed by atoms with Gasteiger partial charge in [0.05, 0.1) is 0 Å². The Balaban J connectivity index is 2.74. The Morgan fingerprint density at radius 2 is 1.90 bits per heavy atom. The minimum absolute atomic E-state index is 0.169. The molecule has 6 heteroatoms. The summed E-state index contributed by atoms with van der Waals surface area (Å²) in [6, 6.07) is 3.10. The average Bonchev–Trinajstić information content (AvgIpc) is 2.37. The largest absolute Gasteiger partial charge is 0.352 e. The van der Waals surface area contributed by atoms with Crippen molar-refractivity contribution in [3.05, 3.63) is 22.8 Å². The lowest BCUT2D eigenvalue weighted by atomic mass is 9.85. The van der Waals surface area contributed by atoms with Crippen molar-refractivity contribution in [2.45, 2.75) is 27.7 Å². The van der Waals surface area contributed by atoms with E-state index in [2.05, 4.69) is 43.4 Å². The van der Waals surface area contributed by atoms with Gasteiger partial charge in [0, 0.05) is 12.1 Å². The summed E-state index contributed by atoms with van der Waals surface area (Å²) in [5, 5.41) is 3.18. The number of carbonyl (C=O) groups excluding carboxylic acids is 1. The summed E-state index contributed by atoms with van der Waals surface area (Å²) >= 11 is 5.85. The number of amides is 1. The van der Waals surface area contributed by atoms with Crippen LogP contribution >= 0.6 is 11.6 Å². The van der Waals surface area contributed by atoms with Crippen molar-refractivity contribution < 1.29 is 4.79 Å². The monoisotopic (exact) mass is 298 g/mol. The number of nitrogens with one attached hydrogen (secondary N) is 2. The van der Waals surface area contributed by atoms with Crippen LogP contribution in [0.15, 0.2) is 12.1 Å². The highest BCUT2D eigenvalue weighted by atomic mass is 35.5. The normalized spacial score (nSPS) is 11.2. The van der Waals surface area contributed by atoms with Gasteiger partial charge in [-0.15, -0.1) is 0 Å². The van der Waals surface area contributed by atoms with Gasteiger partial charge in [0.25, 0.3) is 5.91 Å². The Labute approximate surface area is 125 Å². The molecule has 1 rings (SSSR count). The number of hydrazine groups is 1. The van der Waals surface area contributed by atoms with E-state index < -0.39 is 0 Å². The summed E-state index contributed by atoms with van der Waals surface area (Å²) < 4.78 is 0. The van der Waals surface area contributed by atoms with Gasteiger partial charge in [-0.25, -0.2) is 10.8 Å². The van der Waals surface area contributed by atoms with Crippen molar-refractivity contribution in [1.29, 1.82) is 0 Å². The van der Waals surface area contributed by atoms with E-state index in [0.29, 0.717) is 35.7 Å². The number of nitrogens with zero attached hydrogens (tertiary/aromatic N) is 1. The predicted molar refractivity (Wildman–Crippen MR) is 82.6 cm³/mol. The number of nitrogens with two attached hydrogens (primary N) is 1. The van der Waals surface area contributed by atoms with Gasteiger partial charge in [-0.3, -0.25) is 4.79 Å². The quantitative estimate of drug-likeness (QED) is 0.428. The molecule has 0 fully saturated rings. The third kappa shape index (κ3) is 4.65. The van der Waals surface area contributed by atoms with Crippen molar-refractivity contribution in [3.63, 3.8) is 0 Å². The summed E-state index contributed by atoms with van der Waals surface area (Å²) in [6.45, 7) is 9.29. The molecule has 1 aromatic rings. The minimum atomic E-state index is -0.169. The molecule has 0 saturated carbocycles. The zero-order valence-corrected chi connectivity index (χ0v) is 13.2. The maximum Gasteiger partial charge on any atom is 0.251 e. The SMILES string of the molecule is CC(C)C(CNC(=O)c1cc(Cl)nc(NN)c1)C(C)C. The number of hydrogen-bond acceptors (Lipinski definition) is 4. The van der Waals surface area contributed by atoms with E-state index in [0.717, 1.165) is 0 Å². The van der Waals surface area contributed by atoms with Crippen LogP contribution in [0, 0.1) is 17.8 Å². The van der Waals surface area contributed by atoms with Gasteiger partial charge in [0.1, 0.15) is 11.0 Å². The molecule has 0 unspecified atom stereocenters. The highest BCUT2D eigenvalue weighted by molar-refractivity contribution is 6.29. The molecule has 112 valence electrons. The third-order valence-electron chi connectivity index (χ3n) is 3.42. The molecule has 0 aliphatic heterocycles. The molecule has 0 atom stereocenters.